The second kappa shape index (κ2) is 8.26. The number of nitrogens with zero attached hydrogens (tertiary/aromatic N) is 4. The Morgan fingerprint density at radius 2 is 1.91 bits per heavy atom. The Bertz CT molecular complexity index is 1140. The van der Waals surface area contributed by atoms with Gasteiger partial charge in [0.15, 0.2) is 0 Å². The van der Waals surface area contributed by atoms with Crippen molar-refractivity contribution in [1.29, 1.82) is 0 Å². The van der Waals surface area contributed by atoms with Crippen LogP contribution in [-0.2, 0) is 17.9 Å². The molecule has 3 heterocycles. The van der Waals surface area contributed by atoms with Crippen molar-refractivity contribution in [2.24, 2.45) is 5.92 Å². The number of aromatic nitrogens is 2. The van der Waals surface area contributed by atoms with E-state index in [0.29, 0.717) is 17.5 Å². The number of furan rings is 1. The lowest BCUT2D eigenvalue weighted by Gasteiger charge is -2.46. The van der Waals surface area contributed by atoms with Crippen LogP contribution in [0.1, 0.15) is 48.5 Å². The minimum Gasteiger partial charge on any atom is -0.467 e. The van der Waals surface area contributed by atoms with E-state index < -0.39 is 0 Å². The Morgan fingerprint density at radius 1 is 1.06 bits per heavy atom. The molecule has 166 valence electrons. The fourth-order valence-corrected chi connectivity index (χ4v) is 4.72. The zero-order valence-corrected chi connectivity index (χ0v) is 18.3. The van der Waals surface area contributed by atoms with Crippen LogP contribution in [0.25, 0.3) is 11.4 Å². The highest BCUT2D eigenvalue weighted by Gasteiger charge is 2.47. The minimum absolute atomic E-state index is 0.117. The van der Waals surface area contributed by atoms with Crippen LogP contribution >= 0.6 is 0 Å². The second-order valence-corrected chi connectivity index (χ2v) is 8.68. The van der Waals surface area contributed by atoms with Gasteiger partial charge >= 0.3 is 6.03 Å². The lowest BCUT2D eigenvalue weighted by Crippen LogP contribution is -2.61. The highest BCUT2D eigenvalue weighted by atomic mass is 16.5. The number of benzene rings is 1. The fraction of sp³-hybridized carbons (Fsp3) is 0.417. The van der Waals surface area contributed by atoms with Crippen molar-refractivity contribution in [3.8, 4) is 11.4 Å². The number of urea groups is 1. The van der Waals surface area contributed by atoms with Gasteiger partial charge in [-0.1, -0.05) is 30.1 Å². The van der Waals surface area contributed by atoms with Crippen molar-refractivity contribution in [3.63, 3.8) is 0 Å². The quantitative estimate of drug-likeness (QED) is 0.588. The summed E-state index contributed by atoms with van der Waals surface area (Å²) in [6.07, 6.45) is 5.10. The topological polar surface area (TPSA) is 92.7 Å². The first-order chi connectivity index (χ1) is 15.5. The number of rotatable bonds is 5. The third-order valence-corrected chi connectivity index (χ3v) is 6.62. The Hall–Kier alpha value is -3.42. The van der Waals surface area contributed by atoms with Crippen LogP contribution in [0.2, 0.25) is 0 Å². The molecule has 1 aromatic carbocycles. The molecule has 2 aliphatic rings. The van der Waals surface area contributed by atoms with Gasteiger partial charge in [0.05, 0.1) is 18.7 Å². The van der Waals surface area contributed by atoms with Gasteiger partial charge in [-0.15, -0.1) is 0 Å². The Morgan fingerprint density at radius 3 is 2.69 bits per heavy atom. The number of imide groups is 1. The third kappa shape index (κ3) is 3.70. The Labute approximate surface area is 186 Å². The molecule has 3 aromatic rings. The maximum Gasteiger partial charge on any atom is 0.327 e. The summed E-state index contributed by atoms with van der Waals surface area (Å²) in [5, 5.41) is 4.13. The third-order valence-electron chi connectivity index (χ3n) is 6.62. The van der Waals surface area contributed by atoms with Gasteiger partial charge in [-0.2, -0.15) is 4.98 Å². The van der Waals surface area contributed by atoms with E-state index in [0.717, 1.165) is 36.8 Å². The zero-order valence-electron chi connectivity index (χ0n) is 18.3. The van der Waals surface area contributed by atoms with E-state index in [1.54, 1.807) is 23.3 Å². The Kier molecular flexibility index (Phi) is 5.28. The van der Waals surface area contributed by atoms with Crippen molar-refractivity contribution in [1.82, 2.24) is 19.9 Å². The molecule has 5 rings (SSSR count). The number of fused-ring (bicyclic) bond motifs is 1. The fourth-order valence-electron chi connectivity index (χ4n) is 4.72. The van der Waals surface area contributed by atoms with Crippen LogP contribution in [0.4, 0.5) is 4.79 Å². The molecule has 1 aliphatic carbocycles. The molecule has 0 N–H and O–H groups in total. The first kappa shape index (κ1) is 20.5. The van der Waals surface area contributed by atoms with E-state index in [9.17, 15) is 9.59 Å². The predicted octanol–water partition coefficient (Wildman–Crippen LogP) is 4.47. The molecule has 8 nitrogen and oxygen atoms in total. The lowest BCUT2D eigenvalue weighted by molar-refractivity contribution is -0.141. The molecule has 3 amide bonds. The molecular formula is C24H26N4O4. The van der Waals surface area contributed by atoms with Crippen molar-refractivity contribution >= 4 is 11.9 Å². The van der Waals surface area contributed by atoms with Crippen molar-refractivity contribution in [2.45, 2.75) is 58.7 Å². The number of amides is 3. The maximum atomic E-state index is 13.4. The first-order valence-electron chi connectivity index (χ1n) is 11.1. The van der Waals surface area contributed by atoms with Gasteiger partial charge < -0.3 is 13.8 Å². The van der Waals surface area contributed by atoms with Gasteiger partial charge in [0, 0.05) is 11.6 Å². The van der Waals surface area contributed by atoms with E-state index in [4.69, 9.17) is 8.94 Å². The highest BCUT2D eigenvalue weighted by Crippen LogP contribution is 2.36. The van der Waals surface area contributed by atoms with E-state index >= 15 is 0 Å². The van der Waals surface area contributed by atoms with Crippen LogP contribution in [0.3, 0.4) is 0 Å². The maximum absolute atomic E-state index is 13.4. The molecule has 32 heavy (non-hydrogen) atoms. The van der Waals surface area contributed by atoms with Gasteiger partial charge in [0.1, 0.15) is 12.3 Å². The van der Waals surface area contributed by atoms with Crippen molar-refractivity contribution in [2.75, 3.05) is 0 Å². The van der Waals surface area contributed by atoms with Gasteiger partial charge in [-0.25, -0.2) is 4.79 Å². The average Bonchev–Trinajstić information content (AvgIpc) is 3.48. The minimum atomic E-state index is -0.333. The van der Waals surface area contributed by atoms with E-state index in [-0.39, 0.29) is 37.0 Å². The molecule has 0 radical (unpaired) electrons. The molecule has 2 unspecified atom stereocenters. The van der Waals surface area contributed by atoms with Crippen LogP contribution in [0.15, 0.2) is 45.5 Å². The van der Waals surface area contributed by atoms with E-state index in [1.807, 2.05) is 25.1 Å². The van der Waals surface area contributed by atoms with E-state index in [1.165, 1.54) is 10.5 Å². The van der Waals surface area contributed by atoms with Gasteiger partial charge in [0.2, 0.25) is 17.6 Å². The average molecular weight is 434 g/mol. The van der Waals surface area contributed by atoms with Gasteiger partial charge in [-0.3, -0.25) is 9.69 Å². The monoisotopic (exact) mass is 434 g/mol. The first-order valence-corrected chi connectivity index (χ1v) is 11.1. The summed E-state index contributed by atoms with van der Waals surface area (Å²) in [5.74, 6) is 1.11. The molecule has 8 heteroatoms. The molecule has 0 bridgehead atoms. The molecule has 1 saturated heterocycles. The molecule has 2 aromatic heterocycles. The number of carbonyl (C=O) groups is 2. The summed E-state index contributed by atoms with van der Waals surface area (Å²) in [6.45, 7) is 4.40. The zero-order chi connectivity index (χ0) is 22.2. The highest BCUT2D eigenvalue weighted by molar-refractivity contribution is 5.98. The van der Waals surface area contributed by atoms with Crippen LogP contribution in [0, 0.1) is 19.8 Å². The summed E-state index contributed by atoms with van der Waals surface area (Å²) in [7, 11) is 0. The molecule has 2 fully saturated rings. The summed E-state index contributed by atoms with van der Waals surface area (Å²) >= 11 is 0. The van der Waals surface area contributed by atoms with Crippen LogP contribution in [0.5, 0.6) is 0 Å². The Balaban J connectivity index is 1.41. The van der Waals surface area contributed by atoms with E-state index in [2.05, 4.69) is 17.1 Å². The standard InChI is InChI=1S/C24H26N4O4/c1-15-9-10-17(12-16(15)2)22-25-21(32-26-22)14-27-20-8-4-3-7-19(20)23(29)28(24(27)30)13-18-6-5-11-31-18/h5-6,9-12,19-20H,3-4,7-8,13-14H2,1-2H3. The van der Waals surface area contributed by atoms with Gasteiger partial charge in [0.25, 0.3) is 0 Å². The molecule has 1 aliphatic heterocycles. The molecule has 2 atom stereocenters. The number of carbonyl (C=O) groups excluding carboxylic acids is 2. The largest absolute Gasteiger partial charge is 0.467 e. The molecular weight excluding hydrogens is 408 g/mol. The van der Waals surface area contributed by atoms with Crippen LogP contribution in [-0.4, -0.2) is 37.9 Å². The number of hydrogen-bond acceptors (Lipinski definition) is 6. The molecule has 0 spiro atoms. The summed E-state index contributed by atoms with van der Waals surface area (Å²) in [4.78, 5) is 34.1. The smallest absolute Gasteiger partial charge is 0.327 e. The summed E-state index contributed by atoms with van der Waals surface area (Å²) in [5.41, 5.74) is 3.22. The number of aryl methyl sites for hydroxylation is 2. The lowest BCUT2D eigenvalue weighted by atomic mass is 9.81. The van der Waals surface area contributed by atoms with Crippen molar-refractivity contribution < 1.29 is 18.5 Å². The SMILES string of the molecule is Cc1ccc(-c2noc(CN3C(=O)N(Cc4ccco4)C(=O)C4CCCCC43)n2)cc1C. The van der Waals surface area contributed by atoms with Crippen molar-refractivity contribution in [3.05, 3.63) is 59.4 Å². The van der Waals surface area contributed by atoms with Gasteiger partial charge in [-0.05, 0) is 56.0 Å². The number of hydrogen-bond donors (Lipinski definition) is 0. The summed E-state index contributed by atoms with van der Waals surface area (Å²) < 4.78 is 10.9. The molecule has 1 saturated carbocycles. The van der Waals surface area contributed by atoms with Crippen LogP contribution < -0.4 is 0 Å². The normalized spacial score (nSPS) is 21.2. The predicted molar refractivity (Wildman–Crippen MR) is 115 cm³/mol. The second-order valence-electron chi connectivity index (χ2n) is 8.68. The summed E-state index contributed by atoms with van der Waals surface area (Å²) in [6, 6.07) is 9.06.